The van der Waals surface area contributed by atoms with Gasteiger partial charge in [0, 0.05) is 11.7 Å². The standard InChI is InChI=1S/C22H26F2N2O/c1-5-6-18-11-16(17-9-10-26-19(12-17)21(23)24)7-8-20(18)27-14-22(4,25)13-15(2)3/h7-12,15,21H,13-14,25H2,1-4H3. The smallest absolute Gasteiger partial charge is 0.280 e. The van der Waals surface area contributed by atoms with Crippen LogP contribution in [0.4, 0.5) is 8.78 Å². The number of hydrogen-bond donors (Lipinski definition) is 1. The normalized spacial score (nSPS) is 13.2. The lowest BCUT2D eigenvalue weighted by molar-refractivity contribution is 0.146. The molecule has 0 spiro atoms. The highest BCUT2D eigenvalue weighted by Gasteiger charge is 2.21. The molecule has 2 N–H and O–H groups in total. The van der Waals surface area contributed by atoms with Gasteiger partial charge >= 0.3 is 0 Å². The van der Waals surface area contributed by atoms with Crippen molar-refractivity contribution in [3.63, 3.8) is 0 Å². The quantitative estimate of drug-likeness (QED) is 0.680. The van der Waals surface area contributed by atoms with E-state index in [1.165, 1.54) is 12.3 Å². The number of rotatable bonds is 7. The average molecular weight is 372 g/mol. The predicted molar refractivity (Wildman–Crippen MR) is 105 cm³/mol. The molecule has 3 nitrogen and oxygen atoms in total. The van der Waals surface area contributed by atoms with Gasteiger partial charge in [-0.05, 0) is 61.6 Å². The molecule has 1 aromatic heterocycles. The molecule has 0 radical (unpaired) electrons. The van der Waals surface area contributed by atoms with Crippen LogP contribution in [0.2, 0.25) is 0 Å². The molecule has 0 bridgehead atoms. The van der Waals surface area contributed by atoms with Crippen molar-refractivity contribution in [1.82, 2.24) is 4.98 Å². The Morgan fingerprint density at radius 1 is 1.19 bits per heavy atom. The Morgan fingerprint density at radius 2 is 1.89 bits per heavy atom. The molecular formula is C22H26F2N2O. The number of hydrogen-bond acceptors (Lipinski definition) is 3. The zero-order chi connectivity index (χ0) is 20.0. The van der Waals surface area contributed by atoms with Gasteiger partial charge in [0.05, 0.1) is 5.56 Å². The first-order valence-corrected chi connectivity index (χ1v) is 8.95. The second-order valence-electron chi connectivity index (χ2n) is 7.40. The van der Waals surface area contributed by atoms with E-state index in [-0.39, 0.29) is 5.69 Å². The molecule has 0 aliphatic heterocycles. The second-order valence-corrected chi connectivity index (χ2v) is 7.40. The maximum Gasteiger partial charge on any atom is 0.280 e. The van der Waals surface area contributed by atoms with Crippen LogP contribution < -0.4 is 10.5 Å². The summed E-state index contributed by atoms with van der Waals surface area (Å²) in [4.78, 5) is 3.70. The van der Waals surface area contributed by atoms with E-state index < -0.39 is 12.0 Å². The van der Waals surface area contributed by atoms with Gasteiger partial charge in [-0.2, -0.15) is 0 Å². The lowest BCUT2D eigenvalue weighted by Gasteiger charge is -2.27. The Kier molecular flexibility index (Phi) is 6.92. The third-order valence-corrected chi connectivity index (χ3v) is 4.01. The molecule has 1 atom stereocenters. The first-order valence-electron chi connectivity index (χ1n) is 8.95. The summed E-state index contributed by atoms with van der Waals surface area (Å²) in [7, 11) is 0. The average Bonchev–Trinajstić information content (AvgIpc) is 2.60. The highest BCUT2D eigenvalue weighted by molar-refractivity contribution is 5.67. The molecule has 1 aromatic carbocycles. The molecule has 27 heavy (non-hydrogen) atoms. The lowest BCUT2D eigenvalue weighted by atomic mass is 9.93. The van der Waals surface area contributed by atoms with E-state index in [1.54, 1.807) is 13.0 Å². The maximum absolute atomic E-state index is 12.9. The van der Waals surface area contributed by atoms with Gasteiger partial charge < -0.3 is 10.5 Å². The number of ether oxygens (including phenoxy) is 1. The van der Waals surface area contributed by atoms with Crippen molar-refractivity contribution >= 4 is 0 Å². The molecule has 0 fully saturated rings. The van der Waals surface area contributed by atoms with Crippen LogP contribution in [0.5, 0.6) is 5.75 Å². The number of pyridine rings is 1. The van der Waals surface area contributed by atoms with Crippen LogP contribution in [0.25, 0.3) is 11.1 Å². The number of benzene rings is 1. The Labute approximate surface area is 160 Å². The van der Waals surface area contributed by atoms with E-state index in [0.29, 0.717) is 29.4 Å². The van der Waals surface area contributed by atoms with Gasteiger partial charge in [-0.15, -0.1) is 5.92 Å². The first-order chi connectivity index (χ1) is 12.7. The summed E-state index contributed by atoms with van der Waals surface area (Å²) in [6.07, 6.45) is -0.378. The van der Waals surface area contributed by atoms with Crippen molar-refractivity contribution in [3.8, 4) is 28.7 Å². The van der Waals surface area contributed by atoms with E-state index in [9.17, 15) is 8.78 Å². The minimum atomic E-state index is -2.61. The zero-order valence-electron chi connectivity index (χ0n) is 16.2. The summed E-state index contributed by atoms with van der Waals surface area (Å²) in [5.74, 6) is 6.99. The largest absolute Gasteiger partial charge is 0.490 e. The fourth-order valence-electron chi connectivity index (χ4n) is 3.05. The molecule has 144 valence electrons. The van der Waals surface area contributed by atoms with Gasteiger partial charge in [-0.1, -0.05) is 25.8 Å². The van der Waals surface area contributed by atoms with Crippen LogP contribution in [0.3, 0.4) is 0 Å². The molecule has 2 aromatic rings. The number of nitrogens with zero attached hydrogens (tertiary/aromatic N) is 1. The van der Waals surface area contributed by atoms with E-state index in [1.807, 2.05) is 25.1 Å². The molecule has 1 heterocycles. The number of alkyl halides is 2. The van der Waals surface area contributed by atoms with Gasteiger partial charge in [0.25, 0.3) is 6.43 Å². The highest BCUT2D eigenvalue weighted by atomic mass is 19.3. The van der Waals surface area contributed by atoms with Crippen molar-refractivity contribution in [2.45, 2.75) is 46.1 Å². The Hall–Kier alpha value is -2.45. The van der Waals surface area contributed by atoms with E-state index in [0.717, 1.165) is 12.0 Å². The highest BCUT2D eigenvalue weighted by Crippen LogP contribution is 2.29. The summed E-state index contributed by atoms with van der Waals surface area (Å²) in [6.45, 7) is 8.32. The molecule has 0 saturated carbocycles. The summed E-state index contributed by atoms with van der Waals surface area (Å²) in [5.41, 5.74) is 7.77. The molecular weight excluding hydrogens is 346 g/mol. The summed E-state index contributed by atoms with van der Waals surface area (Å²) in [5, 5.41) is 0. The van der Waals surface area contributed by atoms with Gasteiger partial charge in [0.15, 0.2) is 0 Å². The molecule has 0 aliphatic carbocycles. The predicted octanol–water partition coefficient (Wildman–Crippen LogP) is 5.20. The minimum Gasteiger partial charge on any atom is -0.490 e. The minimum absolute atomic E-state index is 0.247. The van der Waals surface area contributed by atoms with Gasteiger partial charge in [-0.25, -0.2) is 8.78 Å². The summed E-state index contributed by atoms with van der Waals surface area (Å²) >= 11 is 0. The van der Waals surface area contributed by atoms with Crippen molar-refractivity contribution < 1.29 is 13.5 Å². The Morgan fingerprint density at radius 3 is 2.52 bits per heavy atom. The zero-order valence-corrected chi connectivity index (χ0v) is 16.2. The molecule has 0 amide bonds. The van der Waals surface area contributed by atoms with Crippen LogP contribution >= 0.6 is 0 Å². The van der Waals surface area contributed by atoms with Crippen molar-refractivity contribution in [3.05, 3.63) is 47.8 Å². The molecule has 0 saturated heterocycles. The topological polar surface area (TPSA) is 48.1 Å². The first kappa shape index (κ1) is 20.9. The fourth-order valence-corrected chi connectivity index (χ4v) is 3.05. The van der Waals surface area contributed by atoms with Gasteiger partial charge in [-0.3, -0.25) is 4.98 Å². The SMILES string of the molecule is CC#Cc1cc(-c2ccnc(C(F)F)c2)ccc1OCC(C)(N)CC(C)C. The van der Waals surface area contributed by atoms with Gasteiger partial charge in [0.1, 0.15) is 18.1 Å². The van der Waals surface area contributed by atoms with Crippen LogP contribution in [-0.4, -0.2) is 17.1 Å². The molecule has 2 rings (SSSR count). The number of nitrogens with two attached hydrogens (primary N) is 1. The lowest BCUT2D eigenvalue weighted by Crippen LogP contribution is -2.43. The molecule has 5 heteroatoms. The van der Waals surface area contributed by atoms with Gasteiger partial charge in [0.2, 0.25) is 0 Å². The Balaban J connectivity index is 2.29. The van der Waals surface area contributed by atoms with Crippen molar-refractivity contribution in [2.75, 3.05) is 6.61 Å². The molecule has 1 unspecified atom stereocenters. The maximum atomic E-state index is 12.9. The molecule has 0 aliphatic rings. The Bertz CT molecular complexity index is 836. The number of aromatic nitrogens is 1. The van der Waals surface area contributed by atoms with Crippen molar-refractivity contribution in [1.29, 1.82) is 0 Å². The summed E-state index contributed by atoms with van der Waals surface area (Å²) in [6, 6.07) is 8.57. The second kappa shape index (κ2) is 8.96. The van der Waals surface area contributed by atoms with E-state index in [2.05, 4.69) is 30.7 Å². The van der Waals surface area contributed by atoms with Crippen LogP contribution in [0.15, 0.2) is 36.5 Å². The fraction of sp³-hybridized carbons (Fsp3) is 0.409. The van der Waals surface area contributed by atoms with E-state index in [4.69, 9.17) is 10.5 Å². The third-order valence-electron chi connectivity index (χ3n) is 4.01. The number of halogens is 2. The summed E-state index contributed by atoms with van der Waals surface area (Å²) < 4.78 is 31.8. The third kappa shape index (κ3) is 6.04. The van der Waals surface area contributed by atoms with E-state index >= 15 is 0 Å². The van der Waals surface area contributed by atoms with Crippen LogP contribution in [-0.2, 0) is 0 Å². The monoisotopic (exact) mass is 372 g/mol. The van der Waals surface area contributed by atoms with Crippen LogP contribution in [0.1, 0.15) is 51.8 Å². The van der Waals surface area contributed by atoms with Crippen molar-refractivity contribution in [2.24, 2.45) is 11.7 Å². The van der Waals surface area contributed by atoms with Crippen LogP contribution in [0, 0.1) is 17.8 Å².